The van der Waals surface area contributed by atoms with Crippen LogP contribution in [0.15, 0.2) is 17.2 Å². The van der Waals surface area contributed by atoms with Gasteiger partial charge in [-0.15, -0.1) is 4.73 Å². The second kappa shape index (κ2) is 13.7. The number of hydrogen-bond acceptors (Lipinski definition) is 14. The van der Waals surface area contributed by atoms with Crippen LogP contribution in [0.1, 0.15) is 40.5 Å². The Morgan fingerprint density at radius 1 is 0.900 bits per heavy atom. The minimum atomic E-state index is -2.25. The van der Waals surface area contributed by atoms with Crippen molar-refractivity contribution in [3.8, 4) is 11.8 Å². The molecule has 1 heterocycles. The largest absolute Gasteiger partial charge is 0.492 e. The number of azide groups is 1. The summed E-state index contributed by atoms with van der Waals surface area (Å²) in [5.41, 5.74) is 8.89. The predicted octanol–water partition coefficient (Wildman–Crippen LogP) is -0.461. The summed E-state index contributed by atoms with van der Waals surface area (Å²) in [5.74, 6) is -7.93. The normalized spacial score (nSPS) is 21.4. The van der Waals surface area contributed by atoms with E-state index in [-0.39, 0.29) is 17.6 Å². The second-order valence-corrected chi connectivity index (χ2v) is 8.47. The third kappa shape index (κ3) is 8.52. The summed E-state index contributed by atoms with van der Waals surface area (Å²) in [4.78, 5) is 80.7. The number of hydrogen-bond donors (Lipinski definition) is 3. The summed E-state index contributed by atoms with van der Waals surface area (Å²) >= 11 is 0. The minimum absolute atomic E-state index is 0.188. The van der Waals surface area contributed by atoms with Crippen LogP contribution >= 0.6 is 0 Å². The number of carbonyl (C=O) groups excluding carboxylic acids is 6. The molecule has 0 unspecified atom stereocenters. The Hall–Kier alpha value is -4.99. The highest BCUT2D eigenvalue weighted by Gasteiger charge is 2.46. The average molecular weight is 569 g/mol. The van der Waals surface area contributed by atoms with E-state index < -0.39 is 84.0 Å². The number of aromatic nitrogens is 1. The molecule has 218 valence electrons. The molecule has 0 radical (unpaired) electrons. The number of ether oxygens (including phenoxy) is 4. The molecule has 1 aromatic heterocycles. The molecule has 18 nitrogen and oxygen atoms in total. The van der Waals surface area contributed by atoms with Crippen LogP contribution < -0.4 is 10.2 Å². The Bertz CT molecular complexity index is 1190. The van der Waals surface area contributed by atoms with Crippen LogP contribution in [0.2, 0.25) is 0 Å². The van der Waals surface area contributed by atoms with Crippen LogP contribution in [0.5, 0.6) is 11.8 Å². The third-order valence-electron chi connectivity index (χ3n) is 5.33. The van der Waals surface area contributed by atoms with E-state index >= 15 is 0 Å². The maximum Gasteiger partial charge on any atom is 0.377 e. The van der Waals surface area contributed by atoms with Crippen molar-refractivity contribution in [3.05, 3.63) is 22.6 Å². The van der Waals surface area contributed by atoms with Gasteiger partial charge in [-0.1, -0.05) is 5.11 Å². The molecule has 1 aromatic rings. The first-order chi connectivity index (χ1) is 18.7. The standard InChI is InChI=1S/C22H27N5O13/c1-9(28)36-15-8-14(25-26-23)16(37-10(2)29)7-13(15)24-21(34)19(38-11(3)30)20(39-12(4)31)22(35)40-27-17(32)5-6-18(27)33/h5-6,13-16,19-20,32-33H,7-8H2,1-4H3,(H,24,34)/t13-,14-,15-,16-,19-,20-/m1/s1. The van der Waals surface area contributed by atoms with Crippen molar-refractivity contribution in [2.24, 2.45) is 5.11 Å². The summed E-state index contributed by atoms with van der Waals surface area (Å²) in [6.45, 7) is 3.96. The third-order valence-corrected chi connectivity index (χ3v) is 5.33. The van der Waals surface area contributed by atoms with Crippen LogP contribution in [0.25, 0.3) is 10.4 Å². The van der Waals surface area contributed by atoms with Crippen LogP contribution in [-0.4, -0.2) is 87.2 Å². The fourth-order valence-electron chi connectivity index (χ4n) is 3.88. The Kier molecular flexibility index (Phi) is 10.7. The molecule has 18 heteroatoms. The molecule has 0 saturated heterocycles. The predicted molar refractivity (Wildman–Crippen MR) is 126 cm³/mol. The van der Waals surface area contributed by atoms with E-state index in [1.807, 2.05) is 0 Å². The highest BCUT2D eigenvalue weighted by molar-refractivity contribution is 5.92. The van der Waals surface area contributed by atoms with Gasteiger partial charge in [-0.3, -0.25) is 24.0 Å². The first-order valence-corrected chi connectivity index (χ1v) is 11.6. The lowest BCUT2D eigenvalue weighted by atomic mass is 9.86. The molecule has 1 fully saturated rings. The zero-order chi connectivity index (χ0) is 30.1. The lowest BCUT2D eigenvalue weighted by molar-refractivity contribution is -0.185. The van der Waals surface area contributed by atoms with Gasteiger partial charge in [0.15, 0.2) is 0 Å². The Morgan fingerprint density at radius 3 is 1.93 bits per heavy atom. The molecule has 0 bridgehead atoms. The van der Waals surface area contributed by atoms with Gasteiger partial charge in [0.05, 0.1) is 12.1 Å². The monoisotopic (exact) mass is 569 g/mol. The zero-order valence-electron chi connectivity index (χ0n) is 21.7. The second-order valence-electron chi connectivity index (χ2n) is 8.47. The molecule has 1 aliphatic carbocycles. The van der Waals surface area contributed by atoms with Gasteiger partial charge < -0.3 is 39.3 Å². The highest BCUT2D eigenvalue weighted by atomic mass is 16.7. The summed E-state index contributed by atoms with van der Waals surface area (Å²) in [6.07, 6.45) is -7.06. The lowest BCUT2D eigenvalue weighted by Crippen LogP contribution is -2.59. The van der Waals surface area contributed by atoms with E-state index in [0.717, 1.165) is 39.8 Å². The Labute approximate surface area is 225 Å². The summed E-state index contributed by atoms with van der Waals surface area (Å²) < 4.78 is 20.5. The number of esters is 4. The first kappa shape index (κ1) is 31.2. The van der Waals surface area contributed by atoms with Crippen molar-refractivity contribution >= 4 is 35.8 Å². The minimum Gasteiger partial charge on any atom is -0.492 e. The molecule has 1 amide bonds. The van der Waals surface area contributed by atoms with Gasteiger partial charge in [-0.2, -0.15) is 0 Å². The van der Waals surface area contributed by atoms with Gasteiger partial charge in [0, 0.05) is 51.2 Å². The number of aromatic hydroxyl groups is 2. The molecule has 0 spiro atoms. The van der Waals surface area contributed by atoms with Crippen molar-refractivity contribution in [1.29, 1.82) is 0 Å². The zero-order valence-corrected chi connectivity index (χ0v) is 21.7. The molecule has 1 aliphatic rings. The van der Waals surface area contributed by atoms with Gasteiger partial charge >= 0.3 is 29.8 Å². The molecule has 0 aliphatic heterocycles. The van der Waals surface area contributed by atoms with Gasteiger partial charge in [0.2, 0.25) is 24.0 Å². The molecular weight excluding hydrogens is 542 g/mol. The molecule has 3 N–H and O–H groups in total. The summed E-state index contributed by atoms with van der Waals surface area (Å²) in [7, 11) is 0. The fraction of sp³-hybridized carbons (Fsp3) is 0.545. The highest BCUT2D eigenvalue weighted by Crippen LogP contribution is 2.28. The number of rotatable bonds is 10. The molecular formula is C22H27N5O13. The van der Waals surface area contributed by atoms with Crippen molar-refractivity contribution in [3.63, 3.8) is 0 Å². The lowest BCUT2D eigenvalue weighted by Gasteiger charge is -2.39. The van der Waals surface area contributed by atoms with Crippen molar-refractivity contribution in [2.45, 2.75) is 77.0 Å². The quantitative estimate of drug-likeness (QED) is 0.106. The van der Waals surface area contributed by atoms with Crippen molar-refractivity contribution in [2.75, 3.05) is 0 Å². The maximum absolute atomic E-state index is 13.4. The maximum atomic E-state index is 13.4. The molecule has 0 aromatic carbocycles. The van der Waals surface area contributed by atoms with E-state index in [9.17, 15) is 39.0 Å². The van der Waals surface area contributed by atoms with E-state index in [1.165, 1.54) is 0 Å². The van der Waals surface area contributed by atoms with Crippen molar-refractivity contribution in [1.82, 2.24) is 10.0 Å². The van der Waals surface area contributed by atoms with Gasteiger partial charge in [-0.25, -0.2) is 4.79 Å². The average Bonchev–Trinajstić information content (AvgIpc) is 3.14. The number of nitrogens with one attached hydrogen (secondary N) is 1. The first-order valence-electron chi connectivity index (χ1n) is 11.6. The number of carbonyl (C=O) groups is 6. The SMILES string of the molecule is CC(=O)O[C@@H]1C[C@@H](NC(=O)[C@H](OC(C)=O)[C@@H](OC(C)=O)C(=O)On2c(O)ccc2O)[C@H](OC(C)=O)C[C@H]1N=[N+]=[N-]. The van der Waals surface area contributed by atoms with Gasteiger partial charge in [0.1, 0.15) is 12.2 Å². The van der Waals surface area contributed by atoms with Crippen LogP contribution in [-0.2, 0) is 47.7 Å². The Balaban J connectivity index is 2.41. The van der Waals surface area contributed by atoms with Crippen molar-refractivity contribution < 1.29 is 62.8 Å². The van der Waals surface area contributed by atoms with Crippen LogP contribution in [0.4, 0.5) is 0 Å². The number of nitrogens with zero attached hydrogens (tertiary/aromatic N) is 4. The van der Waals surface area contributed by atoms with E-state index in [1.54, 1.807) is 0 Å². The molecule has 6 atom stereocenters. The fourth-order valence-corrected chi connectivity index (χ4v) is 3.88. The van der Waals surface area contributed by atoms with Crippen LogP contribution in [0, 0.1) is 0 Å². The molecule has 1 saturated carbocycles. The summed E-state index contributed by atoms with van der Waals surface area (Å²) in [5, 5.41) is 25.5. The van der Waals surface area contributed by atoms with Gasteiger partial charge in [0.25, 0.3) is 5.91 Å². The topological polar surface area (TPSA) is 255 Å². The molecule has 2 rings (SSSR count). The smallest absolute Gasteiger partial charge is 0.377 e. The number of amides is 1. The van der Waals surface area contributed by atoms with Gasteiger partial charge in [-0.05, 0) is 12.0 Å². The van der Waals surface area contributed by atoms with E-state index in [2.05, 4.69) is 15.3 Å². The van der Waals surface area contributed by atoms with E-state index in [4.69, 9.17) is 29.3 Å². The van der Waals surface area contributed by atoms with E-state index in [0.29, 0.717) is 0 Å². The van der Waals surface area contributed by atoms with Crippen LogP contribution in [0.3, 0.4) is 0 Å². The summed E-state index contributed by atoms with van der Waals surface area (Å²) in [6, 6.07) is -0.195. The molecule has 40 heavy (non-hydrogen) atoms. The Morgan fingerprint density at radius 2 is 1.43 bits per heavy atom.